The topological polar surface area (TPSA) is 95.9 Å². The molecule has 0 saturated heterocycles. The first-order chi connectivity index (χ1) is 43.5. The molecule has 0 aliphatic heterocycles. The predicted octanol–water partition coefficient (Wildman–Crippen LogP) is 27.1. The van der Waals surface area contributed by atoms with Crippen LogP contribution in [0.1, 0.15) is 476 Å². The molecule has 0 aliphatic carbocycles. The summed E-state index contributed by atoms with van der Waals surface area (Å²) < 4.78 is 5.51. The van der Waals surface area contributed by atoms with Gasteiger partial charge in [0.05, 0.1) is 25.4 Å². The van der Waals surface area contributed by atoms with Gasteiger partial charge in [-0.15, -0.1) is 0 Å². The van der Waals surface area contributed by atoms with Crippen molar-refractivity contribution in [1.82, 2.24) is 5.32 Å². The summed E-state index contributed by atoms with van der Waals surface area (Å²) in [5.74, 6) is -0.00359. The molecule has 0 rings (SSSR count). The molecular weight excluding hydrogens is 1080 g/mol. The summed E-state index contributed by atoms with van der Waals surface area (Å²) in [5.41, 5.74) is 0. The Morgan fingerprint density at radius 1 is 0.307 bits per heavy atom. The molecule has 0 bridgehead atoms. The van der Waals surface area contributed by atoms with E-state index in [0.717, 1.165) is 38.5 Å². The number of hydrogen-bond donors (Lipinski definition) is 3. The lowest BCUT2D eigenvalue weighted by Gasteiger charge is -2.22. The number of allylic oxidation sites excluding steroid dienone is 2. The van der Waals surface area contributed by atoms with Crippen molar-refractivity contribution in [2.75, 3.05) is 13.2 Å². The molecule has 2 atom stereocenters. The number of carbonyl (C=O) groups is 2. The monoisotopic (exact) mass is 1240 g/mol. The Hall–Kier alpha value is -1.40. The molecule has 6 heteroatoms. The second-order valence-corrected chi connectivity index (χ2v) is 28.5. The number of ether oxygens (including phenoxy) is 1. The molecule has 0 radical (unpaired) electrons. The number of aliphatic hydroxyl groups is 2. The number of rotatable bonds is 78. The van der Waals surface area contributed by atoms with Crippen LogP contribution >= 0.6 is 0 Å². The van der Waals surface area contributed by atoms with Crippen molar-refractivity contribution >= 4 is 11.9 Å². The van der Waals surface area contributed by atoms with Gasteiger partial charge in [0.2, 0.25) is 5.91 Å². The van der Waals surface area contributed by atoms with Crippen LogP contribution in [0.2, 0.25) is 0 Å². The van der Waals surface area contributed by atoms with Gasteiger partial charge in [0.1, 0.15) is 0 Å². The molecule has 6 nitrogen and oxygen atoms in total. The van der Waals surface area contributed by atoms with Crippen LogP contribution in [0, 0.1) is 0 Å². The van der Waals surface area contributed by atoms with Crippen molar-refractivity contribution in [1.29, 1.82) is 0 Å². The molecule has 3 N–H and O–H groups in total. The Balaban J connectivity index is 3.35. The van der Waals surface area contributed by atoms with Gasteiger partial charge in [0, 0.05) is 12.8 Å². The van der Waals surface area contributed by atoms with E-state index in [9.17, 15) is 19.8 Å². The molecule has 0 saturated carbocycles. The normalized spacial score (nSPS) is 12.5. The van der Waals surface area contributed by atoms with Gasteiger partial charge in [-0.3, -0.25) is 9.59 Å². The van der Waals surface area contributed by atoms with Crippen LogP contribution in [-0.2, 0) is 14.3 Å². The molecule has 2 unspecified atom stereocenters. The summed E-state index contributed by atoms with van der Waals surface area (Å²) in [6.07, 6.45) is 98.8. The van der Waals surface area contributed by atoms with E-state index in [1.165, 1.54) is 405 Å². The minimum absolute atomic E-state index is 0.0231. The molecule has 0 aliphatic rings. The zero-order chi connectivity index (χ0) is 63.5. The Labute approximate surface area is 552 Å². The zero-order valence-electron chi connectivity index (χ0n) is 60.3. The summed E-state index contributed by atoms with van der Waals surface area (Å²) in [5, 5.41) is 23.5. The van der Waals surface area contributed by atoms with Crippen LogP contribution in [-0.4, -0.2) is 47.4 Å². The van der Waals surface area contributed by atoms with Crippen LogP contribution in [0.25, 0.3) is 0 Å². The third kappa shape index (κ3) is 73.6. The van der Waals surface area contributed by atoms with E-state index in [1.54, 1.807) is 0 Å². The number of esters is 1. The van der Waals surface area contributed by atoms with Gasteiger partial charge in [0.15, 0.2) is 0 Å². The summed E-state index contributed by atoms with van der Waals surface area (Å²) in [7, 11) is 0. The zero-order valence-corrected chi connectivity index (χ0v) is 60.3. The fourth-order valence-electron chi connectivity index (χ4n) is 13.3. The summed E-state index contributed by atoms with van der Waals surface area (Å²) in [6, 6.07) is -0.541. The fraction of sp³-hybridized carbons (Fsp3) is 0.951. The highest BCUT2D eigenvalue weighted by atomic mass is 16.5. The smallest absolute Gasteiger partial charge is 0.305 e. The number of carbonyl (C=O) groups excluding carboxylic acids is 2. The standard InChI is InChI=1S/C82H161NO5/c1-3-5-7-9-11-13-15-17-19-21-22-23-33-36-39-43-46-50-54-58-62-66-70-74-80(85)79(78-84)83-81(86)75-71-67-63-59-55-51-47-44-40-37-34-31-29-27-25-24-26-28-30-32-35-38-41-45-49-53-57-61-65-69-73-77-88-82(87)76-72-68-64-60-56-52-48-42-20-18-16-14-12-10-8-6-4-2/h26,28,79-80,84-85H,3-25,27,29-78H2,1-2H3,(H,83,86)/b28-26-. The Morgan fingerprint density at radius 2 is 0.534 bits per heavy atom. The van der Waals surface area contributed by atoms with Crippen LogP contribution in [0.15, 0.2) is 12.2 Å². The van der Waals surface area contributed by atoms with Crippen LogP contribution in [0.4, 0.5) is 0 Å². The van der Waals surface area contributed by atoms with E-state index in [-0.39, 0.29) is 18.5 Å². The number of amides is 1. The molecule has 0 spiro atoms. The Morgan fingerprint density at radius 3 is 0.807 bits per heavy atom. The molecule has 524 valence electrons. The largest absolute Gasteiger partial charge is 0.466 e. The minimum atomic E-state index is -0.664. The first-order valence-corrected chi connectivity index (χ1v) is 40.9. The van der Waals surface area contributed by atoms with Gasteiger partial charge in [-0.2, -0.15) is 0 Å². The molecule has 1 amide bonds. The highest BCUT2D eigenvalue weighted by Gasteiger charge is 2.20. The first-order valence-electron chi connectivity index (χ1n) is 40.9. The van der Waals surface area contributed by atoms with Crippen molar-refractivity contribution in [2.45, 2.75) is 488 Å². The highest BCUT2D eigenvalue weighted by Crippen LogP contribution is 2.21. The summed E-state index contributed by atoms with van der Waals surface area (Å²) in [6.45, 7) is 5.02. The second kappa shape index (κ2) is 78.0. The maximum absolute atomic E-state index is 12.6. The maximum atomic E-state index is 12.6. The molecular formula is C82H161NO5. The summed E-state index contributed by atoms with van der Waals surface area (Å²) in [4.78, 5) is 24.7. The van der Waals surface area contributed by atoms with Gasteiger partial charge >= 0.3 is 5.97 Å². The van der Waals surface area contributed by atoms with Crippen molar-refractivity contribution in [3.05, 3.63) is 12.2 Å². The van der Waals surface area contributed by atoms with Gasteiger partial charge in [-0.25, -0.2) is 0 Å². The lowest BCUT2D eigenvalue weighted by molar-refractivity contribution is -0.143. The number of hydrogen-bond acceptors (Lipinski definition) is 5. The second-order valence-electron chi connectivity index (χ2n) is 28.5. The van der Waals surface area contributed by atoms with E-state index < -0.39 is 12.1 Å². The van der Waals surface area contributed by atoms with Crippen LogP contribution < -0.4 is 5.32 Å². The van der Waals surface area contributed by atoms with Gasteiger partial charge < -0.3 is 20.3 Å². The highest BCUT2D eigenvalue weighted by molar-refractivity contribution is 5.76. The average molecular weight is 1240 g/mol. The molecule has 0 heterocycles. The van der Waals surface area contributed by atoms with E-state index >= 15 is 0 Å². The fourth-order valence-corrected chi connectivity index (χ4v) is 13.3. The number of nitrogens with one attached hydrogen (secondary N) is 1. The predicted molar refractivity (Wildman–Crippen MR) is 389 cm³/mol. The van der Waals surface area contributed by atoms with Crippen molar-refractivity contribution in [3.63, 3.8) is 0 Å². The van der Waals surface area contributed by atoms with Gasteiger partial charge in [-0.05, 0) is 51.4 Å². The maximum Gasteiger partial charge on any atom is 0.305 e. The molecule has 0 aromatic rings. The van der Waals surface area contributed by atoms with E-state index in [1.807, 2.05) is 0 Å². The van der Waals surface area contributed by atoms with Crippen LogP contribution in [0.5, 0.6) is 0 Å². The van der Waals surface area contributed by atoms with Crippen molar-refractivity contribution < 1.29 is 24.5 Å². The molecule has 0 aromatic carbocycles. The third-order valence-electron chi connectivity index (χ3n) is 19.6. The molecule has 0 aromatic heterocycles. The number of unbranched alkanes of at least 4 members (excludes halogenated alkanes) is 65. The van der Waals surface area contributed by atoms with E-state index in [4.69, 9.17) is 4.74 Å². The van der Waals surface area contributed by atoms with E-state index in [0.29, 0.717) is 25.9 Å². The lowest BCUT2D eigenvalue weighted by Crippen LogP contribution is -2.45. The molecule has 0 fully saturated rings. The average Bonchev–Trinajstić information content (AvgIpc) is 3.57. The van der Waals surface area contributed by atoms with Crippen LogP contribution in [0.3, 0.4) is 0 Å². The quantitative estimate of drug-likeness (QED) is 0.0320. The van der Waals surface area contributed by atoms with Gasteiger partial charge in [0.25, 0.3) is 0 Å². The first kappa shape index (κ1) is 86.6. The third-order valence-corrected chi connectivity index (χ3v) is 19.6. The van der Waals surface area contributed by atoms with Crippen molar-refractivity contribution in [2.24, 2.45) is 0 Å². The summed E-state index contributed by atoms with van der Waals surface area (Å²) >= 11 is 0. The van der Waals surface area contributed by atoms with Crippen molar-refractivity contribution in [3.8, 4) is 0 Å². The number of aliphatic hydroxyl groups excluding tert-OH is 2. The Kier molecular flexibility index (Phi) is 76.8. The van der Waals surface area contributed by atoms with E-state index in [2.05, 4.69) is 31.3 Å². The SMILES string of the molecule is CCCCCCCCCCCCCCCCCCCCCCCCCC(O)C(CO)NC(=O)CCCCCCCCCCCCCCCCC/C=C\CCCCCCCCCCCCCCOC(=O)CCCCCCCCCCCCCCCCCCC. The van der Waals surface area contributed by atoms with Gasteiger partial charge in [-0.1, -0.05) is 424 Å². The minimum Gasteiger partial charge on any atom is -0.466 e. The Bertz CT molecular complexity index is 1340. The lowest BCUT2D eigenvalue weighted by atomic mass is 10.0. The molecule has 88 heavy (non-hydrogen) atoms.